The third-order valence-corrected chi connectivity index (χ3v) is 3.86. The lowest BCUT2D eigenvalue weighted by Gasteiger charge is -2.20. The SMILES string of the molecule is C[C@H](NC(=O)[C@H](Cc1ccccc1)NS(C)(=O)=O)C(=O)NCC(N)=O. The zero-order valence-corrected chi connectivity index (χ0v) is 14.8. The summed E-state index contributed by atoms with van der Waals surface area (Å²) in [5.74, 6) is -1.98. The van der Waals surface area contributed by atoms with Gasteiger partial charge in [-0.15, -0.1) is 0 Å². The maximum absolute atomic E-state index is 12.4. The largest absolute Gasteiger partial charge is 0.368 e. The van der Waals surface area contributed by atoms with Gasteiger partial charge < -0.3 is 16.4 Å². The summed E-state index contributed by atoms with van der Waals surface area (Å²) in [5.41, 5.74) is 5.68. The Kier molecular flexibility index (Phi) is 7.52. The van der Waals surface area contributed by atoms with Crippen LogP contribution in [-0.4, -0.2) is 51.0 Å². The molecule has 2 atom stereocenters. The molecule has 9 nitrogen and oxygen atoms in total. The first-order chi connectivity index (χ1) is 11.6. The van der Waals surface area contributed by atoms with Crippen LogP contribution in [0.2, 0.25) is 0 Å². The first-order valence-electron chi connectivity index (χ1n) is 7.46. The summed E-state index contributed by atoms with van der Waals surface area (Å²) in [6.45, 7) is 1.06. The van der Waals surface area contributed by atoms with Gasteiger partial charge in [-0.2, -0.15) is 0 Å². The molecule has 0 aliphatic rings. The lowest BCUT2D eigenvalue weighted by Crippen LogP contribution is -2.53. The van der Waals surface area contributed by atoms with E-state index >= 15 is 0 Å². The quantitative estimate of drug-likeness (QED) is 0.407. The molecule has 0 bridgehead atoms. The van der Waals surface area contributed by atoms with Crippen molar-refractivity contribution < 1.29 is 22.8 Å². The molecule has 0 aliphatic heterocycles. The van der Waals surface area contributed by atoms with Crippen LogP contribution >= 0.6 is 0 Å². The van der Waals surface area contributed by atoms with Crippen LogP contribution in [-0.2, 0) is 30.8 Å². The number of benzene rings is 1. The Labute approximate surface area is 146 Å². The summed E-state index contributed by atoms with van der Waals surface area (Å²) in [7, 11) is -3.64. The Morgan fingerprint density at radius 3 is 2.24 bits per heavy atom. The van der Waals surface area contributed by atoms with Crippen molar-refractivity contribution in [2.45, 2.75) is 25.4 Å². The third-order valence-electron chi connectivity index (χ3n) is 3.14. The van der Waals surface area contributed by atoms with Crippen LogP contribution in [0.15, 0.2) is 30.3 Å². The number of carbonyl (C=O) groups excluding carboxylic acids is 3. The van der Waals surface area contributed by atoms with Crippen molar-refractivity contribution in [2.75, 3.05) is 12.8 Å². The Morgan fingerprint density at radius 2 is 1.72 bits per heavy atom. The predicted molar refractivity (Wildman–Crippen MR) is 91.7 cm³/mol. The molecule has 1 rings (SSSR count). The number of primary amides is 1. The van der Waals surface area contributed by atoms with Crippen LogP contribution in [0.4, 0.5) is 0 Å². The molecule has 3 amide bonds. The van der Waals surface area contributed by atoms with E-state index in [9.17, 15) is 22.8 Å². The maximum Gasteiger partial charge on any atom is 0.242 e. The maximum atomic E-state index is 12.4. The van der Waals surface area contributed by atoms with Crippen molar-refractivity contribution in [3.63, 3.8) is 0 Å². The summed E-state index contributed by atoms with van der Waals surface area (Å²) in [5, 5.41) is 4.67. The molecule has 1 aromatic carbocycles. The normalized spacial score (nSPS) is 13.5. The Morgan fingerprint density at radius 1 is 1.12 bits per heavy atom. The molecule has 0 unspecified atom stereocenters. The average molecular weight is 370 g/mol. The molecular weight excluding hydrogens is 348 g/mol. The molecule has 0 fully saturated rings. The highest BCUT2D eigenvalue weighted by Crippen LogP contribution is 2.05. The highest BCUT2D eigenvalue weighted by atomic mass is 32.2. The van der Waals surface area contributed by atoms with E-state index in [1.165, 1.54) is 6.92 Å². The van der Waals surface area contributed by atoms with Crippen molar-refractivity contribution in [1.82, 2.24) is 15.4 Å². The van der Waals surface area contributed by atoms with Gasteiger partial charge in [0.2, 0.25) is 27.7 Å². The highest BCUT2D eigenvalue weighted by molar-refractivity contribution is 7.88. The van der Waals surface area contributed by atoms with Gasteiger partial charge in [0.1, 0.15) is 12.1 Å². The molecule has 25 heavy (non-hydrogen) atoms. The van der Waals surface area contributed by atoms with E-state index in [2.05, 4.69) is 15.4 Å². The second-order valence-electron chi connectivity index (χ2n) is 5.55. The number of hydrogen-bond donors (Lipinski definition) is 4. The van der Waals surface area contributed by atoms with E-state index < -0.39 is 39.8 Å². The van der Waals surface area contributed by atoms with E-state index in [4.69, 9.17) is 5.73 Å². The highest BCUT2D eigenvalue weighted by Gasteiger charge is 2.25. The number of amides is 3. The van der Waals surface area contributed by atoms with E-state index in [-0.39, 0.29) is 13.0 Å². The number of carbonyl (C=O) groups is 3. The van der Waals surface area contributed by atoms with Crippen LogP contribution in [0.25, 0.3) is 0 Å². The van der Waals surface area contributed by atoms with Crippen LogP contribution in [0, 0.1) is 0 Å². The Bertz CT molecular complexity index is 721. The zero-order valence-electron chi connectivity index (χ0n) is 14.0. The summed E-state index contributed by atoms with van der Waals surface area (Å²) >= 11 is 0. The van der Waals surface area contributed by atoms with Crippen LogP contribution < -0.4 is 21.1 Å². The second kappa shape index (κ2) is 9.14. The summed E-state index contributed by atoms with van der Waals surface area (Å²) in [4.78, 5) is 34.8. The lowest BCUT2D eigenvalue weighted by molar-refractivity contribution is -0.130. The molecule has 0 radical (unpaired) electrons. The molecular formula is C15H22N4O5S. The standard InChI is InChI=1S/C15H22N4O5S/c1-10(14(21)17-9-13(16)20)18-15(22)12(19-25(2,23)24)8-11-6-4-3-5-7-11/h3-7,10,12,19H,8-9H2,1-2H3,(H2,16,20)(H,17,21)(H,18,22)/t10-,12-/m0/s1. The van der Waals surface area contributed by atoms with Gasteiger partial charge in [0.05, 0.1) is 12.8 Å². The monoisotopic (exact) mass is 370 g/mol. The summed E-state index contributed by atoms with van der Waals surface area (Å²) in [6, 6.07) is 6.80. The predicted octanol–water partition coefficient (Wildman–Crippen LogP) is -1.75. The Hall–Kier alpha value is -2.46. The van der Waals surface area contributed by atoms with E-state index in [0.717, 1.165) is 11.8 Å². The third kappa shape index (κ3) is 8.27. The van der Waals surface area contributed by atoms with E-state index in [1.54, 1.807) is 30.3 Å². The molecule has 5 N–H and O–H groups in total. The number of nitrogens with one attached hydrogen (secondary N) is 3. The average Bonchev–Trinajstić information content (AvgIpc) is 2.51. The van der Waals surface area contributed by atoms with Crippen molar-refractivity contribution >= 4 is 27.7 Å². The molecule has 0 heterocycles. The lowest BCUT2D eigenvalue weighted by atomic mass is 10.1. The van der Waals surface area contributed by atoms with E-state index in [0.29, 0.717) is 0 Å². The number of hydrogen-bond acceptors (Lipinski definition) is 5. The van der Waals surface area contributed by atoms with Crippen molar-refractivity contribution in [1.29, 1.82) is 0 Å². The van der Waals surface area contributed by atoms with E-state index in [1.807, 2.05) is 0 Å². The fourth-order valence-corrected chi connectivity index (χ4v) is 2.71. The van der Waals surface area contributed by atoms with Crippen LogP contribution in [0.5, 0.6) is 0 Å². The first-order valence-corrected chi connectivity index (χ1v) is 9.35. The van der Waals surface area contributed by atoms with Crippen molar-refractivity contribution in [2.24, 2.45) is 5.73 Å². The van der Waals surface area contributed by atoms with Gasteiger partial charge in [-0.3, -0.25) is 14.4 Å². The van der Waals surface area contributed by atoms with Gasteiger partial charge in [-0.05, 0) is 18.9 Å². The van der Waals surface area contributed by atoms with Gasteiger partial charge in [0.25, 0.3) is 0 Å². The summed E-state index contributed by atoms with van der Waals surface area (Å²) < 4.78 is 25.3. The van der Waals surface area contributed by atoms with Crippen LogP contribution in [0.3, 0.4) is 0 Å². The fourth-order valence-electron chi connectivity index (χ4n) is 2.00. The molecule has 1 aromatic rings. The fraction of sp³-hybridized carbons (Fsp3) is 0.400. The number of sulfonamides is 1. The number of nitrogens with two attached hydrogens (primary N) is 1. The molecule has 0 aromatic heterocycles. The van der Waals surface area contributed by atoms with Gasteiger partial charge in [0, 0.05) is 0 Å². The summed E-state index contributed by atoms with van der Waals surface area (Å²) in [6.07, 6.45) is 1.07. The molecule has 0 spiro atoms. The smallest absolute Gasteiger partial charge is 0.242 e. The first kappa shape index (κ1) is 20.6. The van der Waals surface area contributed by atoms with Crippen molar-refractivity contribution in [3.8, 4) is 0 Å². The number of rotatable bonds is 9. The molecule has 10 heteroatoms. The minimum atomic E-state index is -3.64. The van der Waals surface area contributed by atoms with Gasteiger partial charge in [-0.25, -0.2) is 13.1 Å². The molecule has 0 aliphatic carbocycles. The van der Waals surface area contributed by atoms with Gasteiger partial charge >= 0.3 is 0 Å². The molecule has 0 saturated carbocycles. The van der Waals surface area contributed by atoms with Gasteiger partial charge in [0.15, 0.2) is 0 Å². The van der Waals surface area contributed by atoms with Crippen molar-refractivity contribution in [3.05, 3.63) is 35.9 Å². The molecule has 0 saturated heterocycles. The van der Waals surface area contributed by atoms with Crippen LogP contribution in [0.1, 0.15) is 12.5 Å². The minimum absolute atomic E-state index is 0.120. The van der Waals surface area contributed by atoms with Gasteiger partial charge in [-0.1, -0.05) is 30.3 Å². The minimum Gasteiger partial charge on any atom is -0.368 e. The topological polar surface area (TPSA) is 147 Å². The zero-order chi connectivity index (χ0) is 19.0. The second-order valence-corrected chi connectivity index (χ2v) is 7.33. The Balaban J connectivity index is 2.78. The molecule has 138 valence electrons.